The molecule has 262 valence electrons. The lowest BCUT2D eigenvalue weighted by atomic mass is 9.99. The zero-order valence-electron chi connectivity index (χ0n) is 30.9. The summed E-state index contributed by atoms with van der Waals surface area (Å²) in [7, 11) is 0. The van der Waals surface area contributed by atoms with E-state index in [9.17, 15) is 0 Å². The average molecular weight is 697 g/mol. The number of benzene rings is 8. The van der Waals surface area contributed by atoms with Gasteiger partial charge in [0, 0.05) is 34.1 Å². The third-order valence-electron chi connectivity index (χ3n) is 9.53. The molecule has 8 rings (SSSR count). The van der Waals surface area contributed by atoms with Crippen molar-refractivity contribution in [3.8, 4) is 22.3 Å². The maximum Gasteiger partial charge on any atom is 0.0468 e. The van der Waals surface area contributed by atoms with Crippen LogP contribution in [0, 0.1) is 0 Å². The van der Waals surface area contributed by atoms with Crippen molar-refractivity contribution in [2.24, 2.45) is 0 Å². The molecule has 0 radical (unpaired) electrons. The molecule has 0 saturated heterocycles. The molecule has 0 amide bonds. The smallest absolute Gasteiger partial charge is 0.0468 e. The Morgan fingerprint density at radius 1 is 0.389 bits per heavy atom. The molecule has 0 unspecified atom stereocenters. The lowest BCUT2D eigenvalue weighted by Crippen LogP contribution is -2.14. The molecule has 2 nitrogen and oxygen atoms in total. The number of fused-ring (bicyclic) bond motifs is 2. The van der Waals surface area contributed by atoms with E-state index in [1.54, 1.807) is 6.08 Å². The van der Waals surface area contributed by atoms with Crippen LogP contribution >= 0.6 is 0 Å². The lowest BCUT2D eigenvalue weighted by molar-refractivity contribution is 1.21. The van der Waals surface area contributed by atoms with E-state index in [2.05, 4.69) is 211 Å². The van der Waals surface area contributed by atoms with E-state index in [-0.39, 0.29) is 0 Å². The number of nitrogens with zero attached hydrogens (tertiary/aromatic N) is 2. The minimum absolute atomic E-state index is 0.955. The normalized spacial score (nSPS) is 11.0. The van der Waals surface area contributed by atoms with Crippen molar-refractivity contribution < 1.29 is 0 Å². The van der Waals surface area contributed by atoms with Gasteiger partial charge in [0.05, 0.1) is 0 Å². The lowest BCUT2D eigenvalue weighted by Gasteiger charge is -2.27. The van der Waals surface area contributed by atoms with Gasteiger partial charge in [0.2, 0.25) is 0 Å². The van der Waals surface area contributed by atoms with Crippen molar-refractivity contribution in [3.05, 3.63) is 225 Å². The van der Waals surface area contributed by atoms with Crippen molar-refractivity contribution in [1.82, 2.24) is 0 Å². The van der Waals surface area contributed by atoms with Crippen LogP contribution in [0.25, 0.3) is 43.8 Å². The van der Waals surface area contributed by atoms with E-state index in [0.717, 1.165) is 50.8 Å². The van der Waals surface area contributed by atoms with Crippen LogP contribution in [0.4, 0.5) is 28.4 Å². The van der Waals surface area contributed by atoms with Gasteiger partial charge in [0.15, 0.2) is 0 Å². The minimum atomic E-state index is 0.955. The third-order valence-corrected chi connectivity index (χ3v) is 9.53. The molecule has 0 bridgehead atoms. The van der Waals surface area contributed by atoms with Gasteiger partial charge in [-0.2, -0.15) is 0 Å². The van der Waals surface area contributed by atoms with Gasteiger partial charge in [-0.3, -0.25) is 0 Å². The summed E-state index contributed by atoms with van der Waals surface area (Å²) in [4.78, 5) is 4.55. The topological polar surface area (TPSA) is 6.48 Å². The SMILES string of the molecule is C=C/C=C(\C=C)N(c1ccc(-c2ccc(-c3cccc(N(c4ccccc4)c4ccc5ccccc5c4)c3)cc2)cc1)c1ccc2ccccc2c1.CC. The number of anilines is 5. The minimum Gasteiger partial charge on any atom is -0.311 e. The Balaban J connectivity index is 0.00000221. The summed E-state index contributed by atoms with van der Waals surface area (Å²) in [5, 5.41) is 4.85. The van der Waals surface area contributed by atoms with Gasteiger partial charge >= 0.3 is 0 Å². The number of hydrogen-bond donors (Lipinski definition) is 0. The van der Waals surface area contributed by atoms with E-state index in [4.69, 9.17) is 0 Å². The zero-order valence-corrected chi connectivity index (χ0v) is 30.9. The third kappa shape index (κ3) is 7.51. The van der Waals surface area contributed by atoms with Gasteiger partial charge in [-0.15, -0.1) is 0 Å². The molecule has 8 aromatic carbocycles. The van der Waals surface area contributed by atoms with Gasteiger partial charge < -0.3 is 9.80 Å². The zero-order chi connectivity index (χ0) is 37.3. The van der Waals surface area contributed by atoms with Crippen LogP contribution < -0.4 is 9.80 Å². The highest BCUT2D eigenvalue weighted by atomic mass is 15.1. The number of allylic oxidation sites excluding steroid dienone is 3. The standard InChI is InChI=1S/C50H38N2.C2H6/c1-3-13-45(4-2)51(49-32-28-37-14-8-10-16-42(37)35-49)47-30-26-40(27-31-47)39-22-24-41(25-23-39)44-18-12-21-48(34-44)52(46-19-6-5-7-20-46)50-33-29-38-15-9-11-17-43(38)36-50;1-2/h3-36H,1-2H2;1-2H3/b45-13+;. The molecular weight excluding hydrogens is 653 g/mol. The van der Waals surface area contributed by atoms with Crippen LogP contribution in [-0.4, -0.2) is 0 Å². The summed E-state index contributed by atoms with van der Waals surface area (Å²) in [5.41, 5.74) is 11.1. The quantitative estimate of drug-likeness (QED) is 0.131. The summed E-state index contributed by atoms with van der Waals surface area (Å²) < 4.78 is 0. The maximum absolute atomic E-state index is 4.11. The van der Waals surface area contributed by atoms with Gasteiger partial charge in [-0.05, 0) is 117 Å². The first-order valence-corrected chi connectivity index (χ1v) is 18.6. The second-order valence-electron chi connectivity index (χ2n) is 12.8. The Hall–Kier alpha value is -6.90. The fourth-order valence-electron chi connectivity index (χ4n) is 6.94. The molecular formula is C52H44N2. The maximum atomic E-state index is 4.11. The van der Waals surface area contributed by atoms with Gasteiger partial charge in [-0.25, -0.2) is 0 Å². The molecule has 0 heterocycles. The van der Waals surface area contributed by atoms with Crippen LogP contribution in [-0.2, 0) is 0 Å². The molecule has 2 heteroatoms. The molecule has 0 aliphatic carbocycles. The van der Waals surface area contributed by atoms with E-state index in [0.29, 0.717) is 0 Å². The summed E-state index contributed by atoms with van der Waals surface area (Å²) >= 11 is 0. The Morgan fingerprint density at radius 2 is 0.852 bits per heavy atom. The second kappa shape index (κ2) is 16.6. The van der Waals surface area contributed by atoms with Crippen molar-refractivity contribution in [2.45, 2.75) is 13.8 Å². The highest BCUT2D eigenvalue weighted by molar-refractivity contribution is 5.90. The molecule has 8 aromatic rings. The Labute approximate surface area is 319 Å². The van der Waals surface area contributed by atoms with Crippen LogP contribution in [0.1, 0.15) is 13.8 Å². The van der Waals surface area contributed by atoms with Crippen LogP contribution in [0.3, 0.4) is 0 Å². The summed E-state index contributed by atoms with van der Waals surface area (Å²) in [6.45, 7) is 12.1. The van der Waals surface area contributed by atoms with Crippen molar-refractivity contribution in [1.29, 1.82) is 0 Å². The second-order valence-corrected chi connectivity index (χ2v) is 12.8. The fraction of sp³-hybridized carbons (Fsp3) is 0.0385. The van der Waals surface area contributed by atoms with Gasteiger partial charge in [-0.1, -0.05) is 160 Å². The first kappa shape index (κ1) is 35.5. The Kier molecular flexibility index (Phi) is 10.9. The highest BCUT2D eigenvalue weighted by Crippen LogP contribution is 2.39. The van der Waals surface area contributed by atoms with Crippen LogP contribution in [0.15, 0.2) is 225 Å². The molecule has 0 aliphatic heterocycles. The number of hydrogen-bond acceptors (Lipinski definition) is 2. The highest BCUT2D eigenvalue weighted by Gasteiger charge is 2.15. The summed E-state index contributed by atoms with van der Waals surface area (Å²) in [6, 6.07) is 67.1. The van der Waals surface area contributed by atoms with Crippen molar-refractivity contribution >= 4 is 50.0 Å². The van der Waals surface area contributed by atoms with Crippen molar-refractivity contribution in [3.63, 3.8) is 0 Å². The molecule has 0 aromatic heterocycles. The first-order chi connectivity index (χ1) is 26.7. The summed E-state index contributed by atoms with van der Waals surface area (Å²) in [6.07, 6.45) is 5.67. The molecule has 0 atom stereocenters. The van der Waals surface area contributed by atoms with E-state index in [1.807, 2.05) is 26.0 Å². The monoisotopic (exact) mass is 696 g/mol. The van der Waals surface area contributed by atoms with Crippen LogP contribution in [0.5, 0.6) is 0 Å². The van der Waals surface area contributed by atoms with Crippen molar-refractivity contribution in [2.75, 3.05) is 9.80 Å². The molecule has 0 saturated carbocycles. The Morgan fingerprint density at radius 3 is 1.44 bits per heavy atom. The predicted octanol–water partition coefficient (Wildman–Crippen LogP) is 15.2. The number of rotatable bonds is 10. The molecule has 0 aliphatic rings. The molecule has 0 spiro atoms. The predicted molar refractivity (Wildman–Crippen MR) is 235 cm³/mol. The molecule has 0 N–H and O–H groups in total. The van der Waals surface area contributed by atoms with Gasteiger partial charge in [0.25, 0.3) is 0 Å². The summed E-state index contributed by atoms with van der Waals surface area (Å²) in [5.74, 6) is 0. The average Bonchev–Trinajstić information content (AvgIpc) is 3.25. The molecule has 54 heavy (non-hydrogen) atoms. The van der Waals surface area contributed by atoms with E-state index < -0.39 is 0 Å². The largest absolute Gasteiger partial charge is 0.311 e. The van der Waals surface area contributed by atoms with Crippen LogP contribution in [0.2, 0.25) is 0 Å². The Bertz CT molecular complexity index is 2540. The van der Waals surface area contributed by atoms with Gasteiger partial charge in [0.1, 0.15) is 0 Å². The molecule has 0 fully saturated rings. The number of para-hydroxylation sites is 1. The van der Waals surface area contributed by atoms with E-state index in [1.165, 1.54) is 27.1 Å². The van der Waals surface area contributed by atoms with E-state index >= 15 is 0 Å². The fourth-order valence-corrected chi connectivity index (χ4v) is 6.94. The first-order valence-electron chi connectivity index (χ1n) is 18.6.